The maximum atomic E-state index is 6.58. The molecule has 0 aliphatic carbocycles. The maximum Gasteiger partial charge on any atom is 0.233 e. The van der Waals surface area contributed by atoms with Gasteiger partial charge >= 0.3 is 0 Å². The molecule has 57 heavy (non-hydrogen) atoms. The van der Waals surface area contributed by atoms with Gasteiger partial charge in [-0.05, 0) is 52.6 Å². The molecule has 13 aromatic rings. The summed E-state index contributed by atoms with van der Waals surface area (Å²) >= 11 is 0. The Morgan fingerprint density at radius 3 is 1.74 bits per heavy atom. The standard InChI is InChI=1S/C52H30N4O/c1-3-13-31(14-4-1)33-23-25-34(26-24-33)50-53-51(47-39-19-9-12-22-45(39)57-52(47)54-50)56-42-20-10-7-17-36(42)40-30-41-37-28-27-35(32-15-5-2-6-16-32)29-44(37)55-43-21-11-8-18-38(43)46(48(41)55)49(40)56/h1-30H. The van der Waals surface area contributed by atoms with Crippen LogP contribution < -0.4 is 0 Å². The highest BCUT2D eigenvalue weighted by Crippen LogP contribution is 2.48. The van der Waals surface area contributed by atoms with Crippen molar-refractivity contribution in [1.82, 2.24) is 18.9 Å². The Bertz CT molecular complexity index is 3730. The first-order valence-corrected chi connectivity index (χ1v) is 19.3. The van der Waals surface area contributed by atoms with Gasteiger partial charge in [0.1, 0.15) is 5.58 Å². The minimum absolute atomic E-state index is 0.565. The Hall–Kier alpha value is -7.76. The van der Waals surface area contributed by atoms with E-state index >= 15 is 0 Å². The molecule has 5 heterocycles. The zero-order valence-electron chi connectivity index (χ0n) is 30.5. The van der Waals surface area contributed by atoms with E-state index in [9.17, 15) is 0 Å². The van der Waals surface area contributed by atoms with Gasteiger partial charge in [0.25, 0.3) is 0 Å². The van der Waals surface area contributed by atoms with Gasteiger partial charge in [-0.25, -0.2) is 4.98 Å². The number of hydrogen-bond donors (Lipinski definition) is 0. The predicted molar refractivity (Wildman–Crippen MR) is 235 cm³/mol. The SMILES string of the molecule is c1ccc(-c2ccc(-c3nc(-n4c5ccccc5c5cc6c7ccc(-c8ccccc8)cc7n7c8ccccc8c(c54)c67)c4c(n3)oc3ccccc34)cc2)cc1. The number of furan rings is 1. The third kappa shape index (κ3) is 4.23. The smallest absolute Gasteiger partial charge is 0.233 e. The molecule has 0 saturated heterocycles. The number of para-hydroxylation sites is 3. The van der Waals surface area contributed by atoms with Crippen molar-refractivity contribution in [1.29, 1.82) is 0 Å². The van der Waals surface area contributed by atoms with E-state index in [1.165, 1.54) is 65.6 Å². The zero-order chi connectivity index (χ0) is 37.2. The molecule has 0 fully saturated rings. The summed E-state index contributed by atoms with van der Waals surface area (Å²) in [5, 5.41) is 9.13. The molecule has 0 N–H and O–H groups in total. The molecule has 0 aliphatic heterocycles. The van der Waals surface area contributed by atoms with Crippen molar-refractivity contribution < 1.29 is 4.42 Å². The fraction of sp³-hybridized carbons (Fsp3) is 0. The Balaban J connectivity index is 1.17. The highest BCUT2D eigenvalue weighted by molar-refractivity contribution is 6.34. The number of aromatic nitrogens is 4. The molecular formula is C52H30N4O. The minimum atomic E-state index is 0.565. The van der Waals surface area contributed by atoms with Crippen LogP contribution in [0.3, 0.4) is 0 Å². The molecule has 0 saturated carbocycles. The van der Waals surface area contributed by atoms with Crippen LogP contribution in [0.5, 0.6) is 0 Å². The molecule has 264 valence electrons. The van der Waals surface area contributed by atoms with Crippen molar-refractivity contribution in [3.05, 3.63) is 182 Å². The van der Waals surface area contributed by atoms with Crippen LogP contribution in [0, 0.1) is 0 Å². The van der Waals surface area contributed by atoms with Gasteiger partial charge in [-0.15, -0.1) is 0 Å². The summed E-state index contributed by atoms with van der Waals surface area (Å²) in [6.07, 6.45) is 0. The summed E-state index contributed by atoms with van der Waals surface area (Å²) in [7, 11) is 0. The summed E-state index contributed by atoms with van der Waals surface area (Å²) in [5.41, 5.74) is 12.8. The number of nitrogens with zero attached hydrogens (tertiary/aromatic N) is 4. The lowest BCUT2D eigenvalue weighted by molar-refractivity contribution is 0.653. The lowest BCUT2D eigenvalue weighted by atomic mass is 10.0. The van der Waals surface area contributed by atoms with Crippen molar-refractivity contribution in [2.45, 2.75) is 0 Å². The van der Waals surface area contributed by atoms with Crippen LogP contribution in [0.25, 0.3) is 121 Å². The van der Waals surface area contributed by atoms with E-state index in [4.69, 9.17) is 14.4 Å². The predicted octanol–water partition coefficient (Wildman–Crippen LogP) is 13.6. The lowest BCUT2D eigenvalue weighted by Gasteiger charge is -2.12. The molecule has 13 rings (SSSR count). The van der Waals surface area contributed by atoms with E-state index in [1.54, 1.807) is 0 Å². The molecular weight excluding hydrogens is 697 g/mol. The Morgan fingerprint density at radius 2 is 0.947 bits per heavy atom. The van der Waals surface area contributed by atoms with E-state index < -0.39 is 0 Å². The van der Waals surface area contributed by atoms with Gasteiger partial charge in [0.15, 0.2) is 11.6 Å². The molecule has 8 aromatic carbocycles. The van der Waals surface area contributed by atoms with Crippen molar-refractivity contribution in [3.8, 4) is 39.5 Å². The van der Waals surface area contributed by atoms with Gasteiger partial charge < -0.3 is 8.82 Å². The molecule has 0 atom stereocenters. The van der Waals surface area contributed by atoms with Crippen molar-refractivity contribution in [2.24, 2.45) is 0 Å². The highest BCUT2D eigenvalue weighted by Gasteiger charge is 2.27. The first-order chi connectivity index (χ1) is 28.3. The average Bonchev–Trinajstić information content (AvgIpc) is 4.02. The number of fused-ring (bicyclic) bond motifs is 13. The molecule has 0 unspecified atom stereocenters. The molecule has 0 spiro atoms. The Morgan fingerprint density at radius 1 is 0.368 bits per heavy atom. The van der Waals surface area contributed by atoms with E-state index in [0.717, 1.165) is 44.3 Å². The van der Waals surface area contributed by atoms with E-state index in [0.29, 0.717) is 11.5 Å². The Labute approximate surface area is 325 Å². The van der Waals surface area contributed by atoms with Crippen molar-refractivity contribution in [3.63, 3.8) is 0 Å². The quantitative estimate of drug-likeness (QED) is 0.181. The van der Waals surface area contributed by atoms with E-state index in [2.05, 4.69) is 173 Å². The fourth-order valence-electron chi connectivity index (χ4n) is 9.37. The Kier molecular flexibility index (Phi) is 6.10. The summed E-state index contributed by atoms with van der Waals surface area (Å²) in [6, 6.07) is 64.7. The summed E-state index contributed by atoms with van der Waals surface area (Å²) in [6.45, 7) is 0. The molecule has 0 radical (unpaired) electrons. The van der Waals surface area contributed by atoms with Gasteiger partial charge in [0.2, 0.25) is 5.71 Å². The maximum absolute atomic E-state index is 6.58. The molecule has 5 heteroatoms. The molecule has 5 nitrogen and oxygen atoms in total. The number of benzene rings is 8. The first-order valence-electron chi connectivity index (χ1n) is 19.3. The van der Waals surface area contributed by atoms with Crippen LogP contribution in [-0.2, 0) is 0 Å². The van der Waals surface area contributed by atoms with Crippen molar-refractivity contribution in [2.75, 3.05) is 0 Å². The van der Waals surface area contributed by atoms with Crippen LogP contribution in [0.1, 0.15) is 0 Å². The number of rotatable bonds is 4. The van der Waals surface area contributed by atoms with Crippen LogP contribution in [0.2, 0.25) is 0 Å². The third-order valence-corrected chi connectivity index (χ3v) is 11.9. The van der Waals surface area contributed by atoms with Gasteiger partial charge in [-0.1, -0.05) is 152 Å². The minimum Gasteiger partial charge on any atom is -0.437 e. The normalized spacial score (nSPS) is 12.2. The lowest BCUT2D eigenvalue weighted by Crippen LogP contribution is -2.02. The third-order valence-electron chi connectivity index (χ3n) is 11.9. The van der Waals surface area contributed by atoms with Gasteiger partial charge in [0, 0.05) is 43.3 Å². The van der Waals surface area contributed by atoms with Crippen LogP contribution >= 0.6 is 0 Å². The van der Waals surface area contributed by atoms with Crippen molar-refractivity contribution >= 4 is 82.0 Å². The van der Waals surface area contributed by atoms with E-state index in [-0.39, 0.29) is 0 Å². The molecule has 0 amide bonds. The van der Waals surface area contributed by atoms with Gasteiger partial charge in [0.05, 0.1) is 33.0 Å². The monoisotopic (exact) mass is 726 g/mol. The van der Waals surface area contributed by atoms with Crippen LogP contribution in [-0.4, -0.2) is 18.9 Å². The second-order valence-electron chi connectivity index (χ2n) is 14.9. The first kappa shape index (κ1) is 30.6. The summed E-state index contributed by atoms with van der Waals surface area (Å²) in [4.78, 5) is 10.7. The second-order valence-corrected chi connectivity index (χ2v) is 14.9. The fourth-order valence-corrected chi connectivity index (χ4v) is 9.37. The second kappa shape index (κ2) is 11.4. The van der Waals surface area contributed by atoms with Crippen LogP contribution in [0.4, 0.5) is 0 Å². The summed E-state index contributed by atoms with van der Waals surface area (Å²) in [5.74, 6) is 1.41. The molecule has 0 bridgehead atoms. The van der Waals surface area contributed by atoms with Crippen LogP contribution in [0.15, 0.2) is 186 Å². The largest absolute Gasteiger partial charge is 0.437 e. The molecule has 5 aromatic heterocycles. The summed E-state index contributed by atoms with van der Waals surface area (Å²) < 4.78 is 11.4. The van der Waals surface area contributed by atoms with E-state index in [1.807, 2.05) is 18.2 Å². The topological polar surface area (TPSA) is 48.3 Å². The zero-order valence-corrected chi connectivity index (χ0v) is 30.5. The number of hydrogen-bond acceptors (Lipinski definition) is 3. The molecule has 0 aliphatic rings. The highest BCUT2D eigenvalue weighted by atomic mass is 16.3. The van der Waals surface area contributed by atoms with Gasteiger partial charge in [-0.3, -0.25) is 4.57 Å². The van der Waals surface area contributed by atoms with Gasteiger partial charge in [-0.2, -0.15) is 4.98 Å². The average molecular weight is 727 g/mol.